The van der Waals surface area contributed by atoms with Crippen molar-refractivity contribution in [3.63, 3.8) is 0 Å². The Balaban J connectivity index is 0.000000791. The minimum atomic E-state index is 0.429. The molecule has 1 rings (SSSR count). The molecule has 0 amide bonds. The zero-order valence-corrected chi connectivity index (χ0v) is 12.0. The van der Waals surface area contributed by atoms with Crippen LogP contribution in [0.2, 0.25) is 0 Å². The van der Waals surface area contributed by atoms with Gasteiger partial charge >= 0.3 is 23.2 Å². The topological polar surface area (TPSA) is 43.1 Å². The van der Waals surface area contributed by atoms with Gasteiger partial charge in [0, 0.05) is 6.04 Å². The summed E-state index contributed by atoms with van der Waals surface area (Å²) in [5, 5.41) is 0. The van der Waals surface area contributed by atoms with Crippen LogP contribution in [0.15, 0.2) is 0 Å². The quantitative estimate of drug-likeness (QED) is 0.760. The van der Waals surface area contributed by atoms with E-state index >= 15 is 0 Å². The van der Waals surface area contributed by atoms with E-state index in [-0.39, 0.29) is 0 Å². The van der Waals surface area contributed by atoms with Crippen LogP contribution in [0, 0.1) is 10.8 Å². The van der Waals surface area contributed by atoms with Crippen LogP contribution in [-0.2, 0) is 23.2 Å². The zero-order chi connectivity index (χ0) is 11.4. The second kappa shape index (κ2) is 5.51. The fourth-order valence-corrected chi connectivity index (χ4v) is 2.98. The third-order valence-electron chi connectivity index (χ3n) is 3.33. The summed E-state index contributed by atoms with van der Waals surface area (Å²) in [7, 11) is 0. The van der Waals surface area contributed by atoms with Gasteiger partial charge in [-0.2, -0.15) is 0 Å². The molecule has 1 saturated carbocycles. The average Bonchev–Trinajstić information content (AvgIpc) is 2.04. The standard InChI is InChI=1S/C11H23N.O.Pt/c1-5-11(4)7-9(12)6-10(2,3)8-11;;/h9H,5-8,12H2,1-4H3;;. The van der Waals surface area contributed by atoms with E-state index in [2.05, 4.69) is 27.7 Å². The first-order valence-corrected chi connectivity index (χ1v) is 6.18. The van der Waals surface area contributed by atoms with Crippen molar-refractivity contribution in [2.75, 3.05) is 0 Å². The second-order valence-corrected chi connectivity index (χ2v) is 5.67. The molecule has 0 aliphatic heterocycles. The molecule has 1 aliphatic carbocycles. The van der Waals surface area contributed by atoms with Gasteiger partial charge in [0.05, 0.1) is 0 Å². The molecule has 0 radical (unpaired) electrons. The normalized spacial score (nSPS) is 35.8. The van der Waals surface area contributed by atoms with E-state index < -0.39 is 0 Å². The number of hydrogen-bond acceptors (Lipinski definition) is 2. The summed E-state index contributed by atoms with van der Waals surface area (Å²) >= 11 is 0.889. The molecule has 0 aromatic carbocycles. The predicted molar refractivity (Wildman–Crippen MR) is 54.7 cm³/mol. The Kier molecular flexibility index (Phi) is 5.69. The third-order valence-corrected chi connectivity index (χ3v) is 3.33. The molecule has 0 bridgehead atoms. The molecular formula is C11H23NOPt. The van der Waals surface area contributed by atoms with Gasteiger partial charge in [-0.15, -0.1) is 0 Å². The molecule has 88 valence electrons. The van der Waals surface area contributed by atoms with Gasteiger partial charge in [-0.05, 0) is 30.1 Å². The Morgan fingerprint density at radius 3 is 2.14 bits per heavy atom. The molecule has 0 aromatic heterocycles. The van der Waals surface area contributed by atoms with Crippen molar-refractivity contribution < 1.29 is 23.2 Å². The molecule has 2 nitrogen and oxygen atoms in total. The molecule has 1 fully saturated rings. The van der Waals surface area contributed by atoms with Crippen LogP contribution < -0.4 is 5.73 Å². The van der Waals surface area contributed by atoms with Crippen LogP contribution in [0.5, 0.6) is 0 Å². The van der Waals surface area contributed by atoms with Crippen LogP contribution in [-0.4, -0.2) is 6.04 Å². The summed E-state index contributed by atoms with van der Waals surface area (Å²) in [4.78, 5) is 0. The van der Waals surface area contributed by atoms with Gasteiger partial charge in [0.2, 0.25) is 0 Å². The van der Waals surface area contributed by atoms with Crippen LogP contribution in [0.25, 0.3) is 0 Å². The van der Waals surface area contributed by atoms with Gasteiger partial charge in [-0.25, -0.2) is 0 Å². The molecular weight excluding hydrogens is 357 g/mol. The van der Waals surface area contributed by atoms with Crippen molar-refractivity contribution >= 4 is 0 Å². The molecule has 0 spiro atoms. The summed E-state index contributed by atoms with van der Waals surface area (Å²) in [6.45, 7) is 9.36. The van der Waals surface area contributed by atoms with Crippen molar-refractivity contribution in [3.8, 4) is 0 Å². The summed E-state index contributed by atoms with van der Waals surface area (Å²) < 4.78 is 8.22. The monoisotopic (exact) mass is 380 g/mol. The van der Waals surface area contributed by atoms with Gasteiger partial charge in [-0.1, -0.05) is 34.1 Å². The molecule has 0 aromatic rings. The van der Waals surface area contributed by atoms with Gasteiger partial charge in [0.25, 0.3) is 0 Å². The van der Waals surface area contributed by atoms with Gasteiger partial charge in [0.15, 0.2) is 0 Å². The maximum absolute atomic E-state index is 8.22. The molecule has 2 N–H and O–H groups in total. The Labute approximate surface area is 99.2 Å². The Hall–Kier alpha value is 0.448. The first kappa shape index (κ1) is 14.4. The van der Waals surface area contributed by atoms with E-state index in [0.29, 0.717) is 16.9 Å². The summed E-state index contributed by atoms with van der Waals surface area (Å²) in [5.74, 6) is 0. The first-order valence-electron chi connectivity index (χ1n) is 5.25. The third kappa shape index (κ3) is 4.31. The van der Waals surface area contributed by atoms with Gasteiger partial charge in [-0.3, -0.25) is 0 Å². The zero-order valence-electron chi connectivity index (χ0n) is 9.71. The van der Waals surface area contributed by atoms with E-state index in [1.165, 1.54) is 25.7 Å². The van der Waals surface area contributed by atoms with E-state index in [1.807, 2.05) is 0 Å². The van der Waals surface area contributed by atoms with Gasteiger partial charge < -0.3 is 5.73 Å². The first-order chi connectivity index (χ1) is 6.37. The van der Waals surface area contributed by atoms with E-state index in [4.69, 9.17) is 9.13 Å². The molecule has 1 aliphatic rings. The number of nitrogens with two attached hydrogens (primary N) is 1. The van der Waals surface area contributed by atoms with Gasteiger partial charge in [0.1, 0.15) is 0 Å². The Bertz CT molecular complexity index is 184. The molecule has 2 atom stereocenters. The predicted octanol–water partition coefficient (Wildman–Crippen LogP) is 2.82. The fourth-order valence-electron chi connectivity index (χ4n) is 2.98. The number of hydrogen-bond donors (Lipinski definition) is 1. The molecule has 2 unspecified atom stereocenters. The van der Waals surface area contributed by atoms with E-state index in [0.717, 1.165) is 19.8 Å². The van der Waals surface area contributed by atoms with Crippen LogP contribution in [0.4, 0.5) is 0 Å². The van der Waals surface area contributed by atoms with Crippen molar-refractivity contribution in [2.24, 2.45) is 16.6 Å². The molecule has 0 saturated heterocycles. The molecule has 3 heteroatoms. The second-order valence-electron chi connectivity index (χ2n) is 5.67. The van der Waals surface area contributed by atoms with Crippen LogP contribution in [0.1, 0.15) is 53.4 Å². The van der Waals surface area contributed by atoms with Crippen molar-refractivity contribution in [1.29, 1.82) is 0 Å². The Morgan fingerprint density at radius 2 is 1.79 bits per heavy atom. The van der Waals surface area contributed by atoms with Crippen molar-refractivity contribution in [3.05, 3.63) is 0 Å². The van der Waals surface area contributed by atoms with Crippen molar-refractivity contribution in [2.45, 2.75) is 59.4 Å². The molecule has 14 heavy (non-hydrogen) atoms. The summed E-state index contributed by atoms with van der Waals surface area (Å²) in [6, 6.07) is 0.429. The van der Waals surface area contributed by atoms with Crippen LogP contribution in [0.3, 0.4) is 0 Å². The SMILES string of the molecule is CCC1(C)CC(N)CC(C)(C)C1.[O]=[Pt]. The van der Waals surface area contributed by atoms with E-state index in [1.54, 1.807) is 0 Å². The van der Waals surface area contributed by atoms with E-state index in [9.17, 15) is 0 Å². The summed E-state index contributed by atoms with van der Waals surface area (Å²) in [6.07, 6.45) is 5.02. The number of rotatable bonds is 1. The maximum atomic E-state index is 8.22. The van der Waals surface area contributed by atoms with Crippen molar-refractivity contribution in [1.82, 2.24) is 0 Å². The fraction of sp³-hybridized carbons (Fsp3) is 1.00. The average molecular weight is 380 g/mol. The Morgan fingerprint density at radius 1 is 1.29 bits per heavy atom. The minimum absolute atomic E-state index is 0.429. The molecule has 0 heterocycles. The summed E-state index contributed by atoms with van der Waals surface area (Å²) in [5.41, 5.74) is 7.02. The van der Waals surface area contributed by atoms with Crippen LogP contribution >= 0.6 is 0 Å².